The van der Waals surface area contributed by atoms with Gasteiger partial charge in [-0.2, -0.15) is 5.10 Å². The Kier molecular flexibility index (Phi) is 18.5. The fourth-order valence-electron chi connectivity index (χ4n) is 2.70. The third kappa shape index (κ3) is 15.3. The zero-order valence-electron chi connectivity index (χ0n) is 24.0. The summed E-state index contributed by atoms with van der Waals surface area (Å²) in [4.78, 5) is 34.8. The molecule has 0 bridgehead atoms. The number of carboxylic acid groups (broad SMARTS) is 1. The lowest BCUT2D eigenvalue weighted by Gasteiger charge is -2.20. The monoisotopic (exact) mass is 553 g/mol. The molecule has 0 aromatic carbocycles. The summed E-state index contributed by atoms with van der Waals surface area (Å²) in [5.41, 5.74) is 6.94. The van der Waals surface area contributed by atoms with E-state index in [9.17, 15) is 14.4 Å². The zero-order valence-corrected chi connectivity index (χ0v) is 24.0. The van der Waals surface area contributed by atoms with Gasteiger partial charge in [-0.25, -0.2) is 19.6 Å². The molecule has 39 heavy (non-hydrogen) atoms. The molecule has 1 aliphatic rings. The quantitative estimate of drug-likeness (QED) is 0.358. The van der Waals surface area contributed by atoms with E-state index in [0.717, 1.165) is 37.4 Å². The van der Waals surface area contributed by atoms with Crippen LogP contribution in [0.15, 0.2) is 18.5 Å². The largest absolute Gasteiger partial charge is 0.508 e. The number of aldehydes is 1. The summed E-state index contributed by atoms with van der Waals surface area (Å²) in [6, 6.07) is 3.81. The van der Waals surface area contributed by atoms with E-state index in [1.54, 1.807) is 39.1 Å². The lowest BCUT2D eigenvalue weighted by atomic mass is 10.1. The summed E-state index contributed by atoms with van der Waals surface area (Å²) < 4.78 is 18.0. The lowest BCUT2D eigenvalue weighted by molar-refractivity contribution is -0.140. The van der Waals surface area contributed by atoms with Gasteiger partial charge in [0.2, 0.25) is 0 Å². The highest BCUT2D eigenvalue weighted by Gasteiger charge is 2.30. The molecule has 0 spiro atoms. The Morgan fingerprint density at radius 3 is 2.23 bits per heavy atom. The van der Waals surface area contributed by atoms with Gasteiger partial charge in [0.1, 0.15) is 36.4 Å². The number of carbonyl (C=O) groups excluding carboxylic acids is 2. The molecule has 0 saturated carbocycles. The molecule has 0 radical (unpaired) electrons. The molecular formula is C26H43N5O8. The van der Waals surface area contributed by atoms with Crippen molar-refractivity contribution in [2.24, 2.45) is 11.8 Å². The molecule has 1 fully saturated rings. The maximum Gasteiger partial charge on any atom is 0.508 e. The minimum absolute atomic E-state index is 0.117. The minimum Gasteiger partial charge on any atom is -0.481 e. The van der Waals surface area contributed by atoms with Crippen LogP contribution in [0.4, 0.5) is 10.6 Å². The molecule has 2 aromatic heterocycles. The number of aliphatic hydroxyl groups is 1. The average Bonchev–Trinajstić information content (AvgIpc) is 3.52. The number of ether oxygens (including phenoxy) is 3. The first-order valence-corrected chi connectivity index (χ1v) is 12.2. The number of nitriles is 1. The van der Waals surface area contributed by atoms with E-state index in [4.69, 9.17) is 35.4 Å². The van der Waals surface area contributed by atoms with Gasteiger partial charge < -0.3 is 35.0 Å². The van der Waals surface area contributed by atoms with Crippen molar-refractivity contribution in [1.82, 2.24) is 14.6 Å². The number of nitrogen functional groups attached to an aromatic ring is 1. The summed E-state index contributed by atoms with van der Waals surface area (Å²) in [5, 5.41) is 25.7. The summed E-state index contributed by atoms with van der Waals surface area (Å²) in [7, 11) is 1.00. The van der Waals surface area contributed by atoms with Gasteiger partial charge in [0.25, 0.3) is 0 Å². The Bertz CT molecular complexity index is 1010. The van der Waals surface area contributed by atoms with E-state index in [-0.39, 0.29) is 30.7 Å². The lowest BCUT2D eigenvalue weighted by Crippen LogP contribution is -2.27. The third-order valence-electron chi connectivity index (χ3n) is 4.49. The zero-order chi connectivity index (χ0) is 30.8. The Morgan fingerprint density at radius 2 is 1.77 bits per heavy atom. The highest BCUT2D eigenvalue weighted by Crippen LogP contribution is 2.34. The van der Waals surface area contributed by atoms with E-state index >= 15 is 0 Å². The number of nitrogens with zero attached hydrogens (tertiary/aromatic N) is 4. The summed E-state index contributed by atoms with van der Waals surface area (Å²) in [6.07, 6.45) is 2.99. The number of aliphatic carboxylic acids is 1. The van der Waals surface area contributed by atoms with Crippen LogP contribution in [0.3, 0.4) is 0 Å². The maximum absolute atomic E-state index is 11.6. The maximum atomic E-state index is 11.6. The predicted octanol–water partition coefficient (Wildman–Crippen LogP) is 3.80. The molecule has 2 aromatic rings. The summed E-state index contributed by atoms with van der Waals surface area (Å²) >= 11 is 0. The van der Waals surface area contributed by atoms with E-state index in [1.165, 1.54) is 6.33 Å². The van der Waals surface area contributed by atoms with Crippen LogP contribution in [0.25, 0.3) is 5.52 Å². The van der Waals surface area contributed by atoms with E-state index in [0.29, 0.717) is 5.82 Å². The third-order valence-corrected chi connectivity index (χ3v) is 4.49. The van der Waals surface area contributed by atoms with Gasteiger partial charge in [0, 0.05) is 19.6 Å². The van der Waals surface area contributed by atoms with Crippen molar-refractivity contribution >= 4 is 29.7 Å². The van der Waals surface area contributed by atoms with Crippen LogP contribution in [-0.2, 0) is 23.8 Å². The molecule has 13 nitrogen and oxygen atoms in total. The fraction of sp³-hybridized carbons (Fsp3) is 0.615. The number of anilines is 1. The van der Waals surface area contributed by atoms with Crippen LogP contribution in [0.1, 0.15) is 73.1 Å². The van der Waals surface area contributed by atoms with Crippen molar-refractivity contribution in [3.63, 3.8) is 0 Å². The van der Waals surface area contributed by atoms with Crippen molar-refractivity contribution < 1.29 is 38.8 Å². The summed E-state index contributed by atoms with van der Waals surface area (Å²) in [6.45, 7) is 16.0. The number of nitrogens with two attached hydrogens (primary N) is 1. The average molecular weight is 554 g/mol. The topological polar surface area (TPSA) is 199 Å². The van der Waals surface area contributed by atoms with Crippen LogP contribution in [-0.4, -0.2) is 68.6 Å². The highest BCUT2D eigenvalue weighted by molar-refractivity contribution is 5.68. The van der Waals surface area contributed by atoms with Crippen molar-refractivity contribution in [1.29, 1.82) is 5.26 Å². The first kappa shape index (κ1) is 37.4. The van der Waals surface area contributed by atoms with Crippen LogP contribution in [0, 0.1) is 23.7 Å². The van der Waals surface area contributed by atoms with E-state index < -0.39 is 17.7 Å². The second-order valence-corrected chi connectivity index (χ2v) is 9.67. The van der Waals surface area contributed by atoms with Crippen LogP contribution in [0.2, 0.25) is 0 Å². The number of hydrogen-bond acceptors (Lipinski definition) is 11. The molecule has 1 saturated heterocycles. The number of carbonyl (C=O) groups is 3. The predicted molar refractivity (Wildman–Crippen MR) is 145 cm³/mol. The van der Waals surface area contributed by atoms with Crippen LogP contribution >= 0.6 is 0 Å². The summed E-state index contributed by atoms with van der Waals surface area (Å²) in [5.74, 6) is -0.339. The molecule has 3 heterocycles. The Morgan fingerprint density at radius 1 is 1.23 bits per heavy atom. The second kappa shape index (κ2) is 19.3. The van der Waals surface area contributed by atoms with Crippen molar-refractivity contribution in [2.45, 2.75) is 79.1 Å². The molecule has 220 valence electrons. The molecule has 2 atom stereocenters. The SMILES string of the molecule is C#N.CC(C)(C)OC(=O)OCC1CCC(c2ccc3c(N)ncnn23)O1.CC(C)C(=O)O.CC(C)C=O.CO. The number of rotatable bonds is 5. The van der Waals surface area contributed by atoms with Gasteiger partial charge in [-0.1, -0.05) is 27.7 Å². The Balaban J connectivity index is 0. The molecule has 1 aliphatic heterocycles. The van der Waals surface area contributed by atoms with Crippen molar-refractivity contribution in [3.05, 3.63) is 24.2 Å². The van der Waals surface area contributed by atoms with E-state index in [2.05, 4.69) is 16.7 Å². The van der Waals surface area contributed by atoms with Crippen LogP contribution < -0.4 is 5.73 Å². The minimum atomic E-state index is -0.741. The molecule has 4 N–H and O–H groups in total. The first-order valence-electron chi connectivity index (χ1n) is 12.2. The standard InChI is InChI=1S/C16H22N4O4.C4H8O2.C4H8O.CHN.CH4O/c1-16(2,3)24-15(21)22-8-10-4-7-13(23-10)11-5-6-12-14(17)18-9-19-20(11)12;1-3(2)4(5)6;1-4(2)3-5;2*1-2/h5-6,9-10,13H,4,7-8H2,1-3H3,(H2,17,18,19);3H,1-2H3,(H,5,6);3-4H,1-2H3;1H;2H,1H3. The smallest absolute Gasteiger partial charge is 0.481 e. The van der Waals surface area contributed by atoms with Crippen LogP contribution in [0.5, 0.6) is 0 Å². The molecule has 3 rings (SSSR count). The first-order chi connectivity index (χ1) is 18.2. The second-order valence-electron chi connectivity index (χ2n) is 9.67. The molecule has 0 aliphatic carbocycles. The number of hydrogen-bond donors (Lipinski definition) is 3. The molecule has 13 heteroatoms. The van der Waals surface area contributed by atoms with Gasteiger partial charge in [-0.05, 0) is 45.7 Å². The van der Waals surface area contributed by atoms with Crippen molar-refractivity contribution in [2.75, 3.05) is 19.5 Å². The number of aromatic nitrogens is 3. The Labute approximate surface area is 229 Å². The van der Waals surface area contributed by atoms with Gasteiger partial charge >= 0.3 is 12.1 Å². The number of aliphatic hydroxyl groups excluding tert-OH is 1. The molecular weight excluding hydrogens is 510 g/mol. The van der Waals surface area contributed by atoms with Gasteiger partial charge in [-0.3, -0.25) is 4.79 Å². The van der Waals surface area contributed by atoms with E-state index in [1.807, 2.05) is 26.0 Å². The van der Waals surface area contributed by atoms with Gasteiger partial charge in [0.15, 0.2) is 5.82 Å². The fourth-order valence-corrected chi connectivity index (χ4v) is 2.70. The van der Waals surface area contributed by atoms with Gasteiger partial charge in [-0.15, -0.1) is 0 Å². The molecule has 2 unspecified atom stereocenters. The molecule has 0 amide bonds. The number of fused-ring (bicyclic) bond motifs is 1. The highest BCUT2D eigenvalue weighted by atomic mass is 16.7. The Hall–Kier alpha value is -3.76. The van der Waals surface area contributed by atoms with Gasteiger partial charge in [0.05, 0.1) is 17.7 Å². The normalized spacial score (nSPS) is 15.7. The van der Waals surface area contributed by atoms with Crippen molar-refractivity contribution in [3.8, 4) is 6.57 Å². The number of carboxylic acids is 1.